The normalized spacial score (nSPS) is 10.3. The molecule has 0 unspecified atom stereocenters. The van der Waals surface area contributed by atoms with E-state index in [4.69, 9.17) is 5.11 Å². The molecule has 0 aromatic heterocycles. The predicted molar refractivity (Wildman–Crippen MR) is 103 cm³/mol. The lowest BCUT2D eigenvalue weighted by molar-refractivity contribution is -0.0416. The molecule has 0 saturated heterocycles. The van der Waals surface area contributed by atoms with E-state index in [1.54, 1.807) is 12.1 Å². The standard InChI is InChI=1S/C20H25N3O4/c1-2-15-3-5-16(6-4-15)17-7-9-18(10-8-17)19(25)21-11-13-23(27)20(26)22-12-14-24/h3-10,24,27H,2,11-14H2,1H3,(H,21,25)(H,22,26). The molecule has 0 aliphatic rings. The molecule has 7 heteroatoms. The monoisotopic (exact) mass is 371 g/mol. The Balaban J connectivity index is 1.85. The minimum Gasteiger partial charge on any atom is -0.395 e. The number of rotatable bonds is 8. The van der Waals surface area contributed by atoms with Crippen LogP contribution in [0.5, 0.6) is 0 Å². The second kappa shape index (κ2) is 10.3. The molecule has 7 nitrogen and oxygen atoms in total. The highest BCUT2D eigenvalue weighted by atomic mass is 16.5. The largest absolute Gasteiger partial charge is 0.395 e. The molecule has 2 aromatic carbocycles. The zero-order valence-electron chi connectivity index (χ0n) is 15.3. The number of carbonyl (C=O) groups is 2. The summed E-state index contributed by atoms with van der Waals surface area (Å²) in [4.78, 5) is 23.6. The molecule has 2 aromatic rings. The Bertz CT molecular complexity index is 745. The molecule has 0 heterocycles. The van der Waals surface area contributed by atoms with Gasteiger partial charge in [-0.05, 0) is 35.2 Å². The zero-order chi connectivity index (χ0) is 19.6. The van der Waals surface area contributed by atoms with Gasteiger partial charge in [-0.25, -0.2) is 9.86 Å². The highest BCUT2D eigenvalue weighted by molar-refractivity contribution is 5.94. The van der Waals surface area contributed by atoms with Gasteiger partial charge in [-0.15, -0.1) is 0 Å². The number of benzene rings is 2. The highest BCUT2D eigenvalue weighted by Crippen LogP contribution is 2.20. The minimum absolute atomic E-state index is 0.0514. The van der Waals surface area contributed by atoms with Crippen molar-refractivity contribution >= 4 is 11.9 Å². The van der Waals surface area contributed by atoms with Gasteiger partial charge in [0.2, 0.25) is 0 Å². The summed E-state index contributed by atoms with van der Waals surface area (Å²) in [6.45, 7) is 1.98. The summed E-state index contributed by atoms with van der Waals surface area (Å²) in [5.74, 6) is -0.285. The molecular weight excluding hydrogens is 346 g/mol. The Kier molecular flexibility index (Phi) is 7.79. The summed E-state index contributed by atoms with van der Waals surface area (Å²) in [7, 11) is 0. The molecule has 27 heavy (non-hydrogen) atoms. The summed E-state index contributed by atoms with van der Waals surface area (Å²) < 4.78 is 0. The van der Waals surface area contributed by atoms with Crippen LogP contribution in [-0.2, 0) is 6.42 Å². The SMILES string of the molecule is CCc1ccc(-c2ccc(C(=O)NCCN(O)C(=O)NCCO)cc2)cc1. The van der Waals surface area contributed by atoms with Crippen molar-refractivity contribution in [1.82, 2.24) is 15.7 Å². The number of nitrogens with zero attached hydrogens (tertiary/aromatic N) is 1. The molecule has 4 N–H and O–H groups in total. The van der Waals surface area contributed by atoms with Crippen molar-refractivity contribution in [3.05, 3.63) is 59.7 Å². The van der Waals surface area contributed by atoms with E-state index in [-0.39, 0.29) is 32.1 Å². The molecule has 0 fully saturated rings. The first-order valence-corrected chi connectivity index (χ1v) is 8.87. The van der Waals surface area contributed by atoms with Crippen molar-refractivity contribution in [1.29, 1.82) is 0 Å². The third-order valence-electron chi connectivity index (χ3n) is 4.07. The molecule has 0 aliphatic heterocycles. The average molecular weight is 371 g/mol. The van der Waals surface area contributed by atoms with Gasteiger partial charge in [-0.1, -0.05) is 43.3 Å². The number of nitrogens with one attached hydrogen (secondary N) is 2. The second-order valence-electron chi connectivity index (χ2n) is 5.96. The van der Waals surface area contributed by atoms with Crippen LogP contribution >= 0.6 is 0 Å². The quantitative estimate of drug-likeness (QED) is 0.421. The number of amides is 3. The summed E-state index contributed by atoms with van der Waals surface area (Å²) >= 11 is 0. The van der Waals surface area contributed by atoms with Crippen LogP contribution in [0.3, 0.4) is 0 Å². The van der Waals surface area contributed by atoms with Crippen molar-refractivity contribution < 1.29 is 19.9 Å². The van der Waals surface area contributed by atoms with Crippen LogP contribution in [-0.4, -0.2) is 53.6 Å². The zero-order valence-corrected chi connectivity index (χ0v) is 15.3. The van der Waals surface area contributed by atoms with Gasteiger partial charge in [0.1, 0.15) is 0 Å². The van der Waals surface area contributed by atoms with Crippen LogP contribution < -0.4 is 10.6 Å². The molecule has 0 saturated carbocycles. The van der Waals surface area contributed by atoms with Gasteiger partial charge in [0, 0.05) is 18.7 Å². The fourth-order valence-electron chi connectivity index (χ4n) is 2.48. The van der Waals surface area contributed by atoms with Gasteiger partial charge in [-0.2, -0.15) is 0 Å². The number of aliphatic hydroxyl groups is 1. The Morgan fingerprint density at radius 1 is 0.926 bits per heavy atom. The first-order chi connectivity index (χ1) is 13.0. The van der Waals surface area contributed by atoms with E-state index in [0.717, 1.165) is 17.5 Å². The fourth-order valence-corrected chi connectivity index (χ4v) is 2.48. The van der Waals surface area contributed by atoms with Gasteiger partial charge in [0.25, 0.3) is 5.91 Å². The molecule has 0 aliphatic carbocycles. The van der Waals surface area contributed by atoms with Crippen molar-refractivity contribution in [2.24, 2.45) is 0 Å². The summed E-state index contributed by atoms with van der Waals surface area (Å²) in [5, 5.41) is 23.5. The Morgan fingerprint density at radius 3 is 2.07 bits per heavy atom. The number of aliphatic hydroxyl groups excluding tert-OH is 1. The van der Waals surface area contributed by atoms with E-state index in [0.29, 0.717) is 10.6 Å². The first kappa shape index (κ1) is 20.4. The highest BCUT2D eigenvalue weighted by Gasteiger charge is 2.11. The molecule has 3 amide bonds. The van der Waals surface area contributed by atoms with Gasteiger partial charge in [0.15, 0.2) is 0 Å². The van der Waals surface area contributed by atoms with E-state index >= 15 is 0 Å². The van der Waals surface area contributed by atoms with E-state index in [1.165, 1.54) is 5.56 Å². The smallest absolute Gasteiger partial charge is 0.341 e. The first-order valence-electron chi connectivity index (χ1n) is 8.87. The van der Waals surface area contributed by atoms with Crippen molar-refractivity contribution in [3.63, 3.8) is 0 Å². The van der Waals surface area contributed by atoms with Crippen LogP contribution in [0.1, 0.15) is 22.8 Å². The Hall–Kier alpha value is -2.90. The van der Waals surface area contributed by atoms with Gasteiger partial charge in [-0.3, -0.25) is 10.0 Å². The van der Waals surface area contributed by atoms with Crippen LogP contribution in [0.4, 0.5) is 4.79 Å². The molecular formula is C20H25N3O4. The Labute approximate surface area is 158 Å². The lowest BCUT2D eigenvalue weighted by atomic mass is 10.0. The molecule has 0 radical (unpaired) electrons. The lowest BCUT2D eigenvalue weighted by Gasteiger charge is -2.15. The average Bonchev–Trinajstić information content (AvgIpc) is 2.72. The number of aryl methyl sites for hydroxylation is 1. The minimum atomic E-state index is -0.725. The van der Waals surface area contributed by atoms with E-state index in [1.807, 2.05) is 12.1 Å². The Morgan fingerprint density at radius 2 is 1.52 bits per heavy atom. The van der Waals surface area contributed by atoms with E-state index in [9.17, 15) is 14.8 Å². The summed E-state index contributed by atoms with van der Waals surface area (Å²) in [6, 6.07) is 14.8. The maximum absolute atomic E-state index is 12.2. The fraction of sp³-hybridized carbons (Fsp3) is 0.300. The summed E-state index contributed by atoms with van der Waals surface area (Å²) in [5.41, 5.74) is 3.89. The maximum atomic E-state index is 12.2. The number of hydrogen-bond donors (Lipinski definition) is 4. The summed E-state index contributed by atoms with van der Waals surface area (Å²) in [6.07, 6.45) is 0.994. The number of hydroxylamine groups is 2. The predicted octanol–water partition coefficient (Wildman–Crippen LogP) is 2.04. The molecule has 0 atom stereocenters. The molecule has 0 spiro atoms. The van der Waals surface area contributed by atoms with Crippen molar-refractivity contribution in [2.45, 2.75) is 13.3 Å². The van der Waals surface area contributed by atoms with Crippen LogP contribution in [0, 0.1) is 0 Å². The topological polar surface area (TPSA) is 102 Å². The number of carbonyl (C=O) groups excluding carboxylic acids is 2. The number of hydrogen-bond acceptors (Lipinski definition) is 4. The van der Waals surface area contributed by atoms with E-state index < -0.39 is 6.03 Å². The van der Waals surface area contributed by atoms with E-state index in [2.05, 4.69) is 41.8 Å². The van der Waals surface area contributed by atoms with Crippen molar-refractivity contribution in [3.8, 4) is 11.1 Å². The molecule has 144 valence electrons. The van der Waals surface area contributed by atoms with Crippen LogP contribution in [0.15, 0.2) is 48.5 Å². The van der Waals surface area contributed by atoms with Gasteiger partial charge in [0.05, 0.1) is 13.2 Å². The van der Waals surface area contributed by atoms with Gasteiger partial charge >= 0.3 is 6.03 Å². The molecule has 0 bridgehead atoms. The van der Waals surface area contributed by atoms with Crippen LogP contribution in [0.2, 0.25) is 0 Å². The van der Waals surface area contributed by atoms with Crippen LogP contribution in [0.25, 0.3) is 11.1 Å². The maximum Gasteiger partial charge on any atom is 0.341 e. The van der Waals surface area contributed by atoms with Crippen molar-refractivity contribution in [2.75, 3.05) is 26.2 Å². The third-order valence-corrected chi connectivity index (χ3v) is 4.07. The lowest BCUT2D eigenvalue weighted by Crippen LogP contribution is -2.42. The van der Waals surface area contributed by atoms with Gasteiger partial charge < -0.3 is 15.7 Å². The molecule has 2 rings (SSSR count). The second-order valence-corrected chi connectivity index (χ2v) is 5.96. The number of urea groups is 1. The third kappa shape index (κ3) is 6.09.